The number of terminal acetylenes is 1. The second kappa shape index (κ2) is 20.3. The van der Waals surface area contributed by atoms with Gasteiger partial charge >= 0.3 is 0 Å². The van der Waals surface area contributed by atoms with Gasteiger partial charge in [-0.15, -0.1) is 12.3 Å². The summed E-state index contributed by atoms with van der Waals surface area (Å²) in [4.78, 5) is 0. The molecule has 0 aromatic carbocycles. The van der Waals surface area contributed by atoms with Crippen molar-refractivity contribution in [2.45, 2.75) is 120 Å². The van der Waals surface area contributed by atoms with E-state index in [1.807, 2.05) is 27.7 Å². The van der Waals surface area contributed by atoms with E-state index in [0.717, 1.165) is 12.3 Å². The minimum absolute atomic E-state index is 0.551. The fourth-order valence-electron chi connectivity index (χ4n) is 2.81. The topological polar surface area (TPSA) is 0 Å². The molecule has 1 rings (SSSR count). The van der Waals surface area contributed by atoms with Crippen LogP contribution in [-0.2, 0) is 0 Å². The zero-order valence-corrected chi connectivity index (χ0v) is 18.6. The van der Waals surface area contributed by atoms with Crippen molar-refractivity contribution in [2.75, 3.05) is 0 Å². The second-order valence-corrected chi connectivity index (χ2v) is 6.85. The Labute approximate surface area is 155 Å². The van der Waals surface area contributed by atoms with E-state index in [2.05, 4.69) is 46.6 Å². The molecule has 0 N–H and O–H groups in total. The molecule has 0 spiro atoms. The van der Waals surface area contributed by atoms with Crippen molar-refractivity contribution in [3.8, 4) is 12.3 Å². The first-order chi connectivity index (χ1) is 11.5. The molecule has 0 fully saturated rings. The minimum atomic E-state index is 0.551. The summed E-state index contributed by atoms with van der Waals surface area (Å²) >= 11 is 0. The zero-order valence-electron chi connectivity index (χ0n) is 18.6. The standard InChI is InChI=1S/C15H24.C5H12.2C2H6/c1-4-6-11-15(10-5-2)12-7-8-14(3)9-13-15;1-4-5(2)3;2*1-2/h1,8H,5-7,9-13H2,2-3H3;5H,4H2,1-3H3;2*1-2H3. The van der Waals surface area contributed by atoms with Crippen LogP contribution >= 0.6 is 0 Å². The Morgan fingerprint density at radius 3 is 2.04 bits per heavy atom. The predicted molar refractivity (Wildman–Crippen MR) is 115 cm³/mol. The first-order valence-corrected chi connectivity index (χ1v) is 10.6. The second-order valence-electron chi connectivity index (χ2n) is 6.85. The molecule has 0 heterocycles. The van der Waals surface area contributed by atoms with Crippen molar-refractivity contribution < 1.29 is 0 Å². The van der Waals surface area contributed by atoms with E-state index in [1.165, 1.54) is 51.4 Å². The van der Waals surface area contributed by atoms with Gasteiger partial charge in [0.25, 0.3) is 0 Å². The Balaban J connectivity index is -0.000000413. The maximum Gasteiger partial charge on any atom is 0.00913 e. The lowest BCUT2D eigenvalue weighted by molar-refractivity contribution is 0.206. The van der Waals surface area contributed by atoms with Crippen molar-refractivity contribution in [1.82, 2.24) is 0 Å². The zero-order chi connectivity index (χ0) is 19.4. The van der Waals surface area contributed by atoms with Crippen molar-refractivity contribution in [2.24, 2.45) is 11.3 Å². The molecule has 0 aliphatic heterocycles. The lowest BCUT2D eigenvalue weighted by Crippen LogP contribution is -2.19. The smallest absolute Gasteiger partial charge is 0.00913 e. The van der Waals surface area contributed by atoms with Gasteiger partial charge in [0.1, 0.15) is 0 Å². The highest BCUT2D eigenvalue weighted by molar-refractivity contribution is 5.04. The van der Waals surface area contributed by atoms with E-state index in [0.29, 0.717) is 5.41 Å². The largest absolute Gasteiger partial charge is 0.120 e. The normalized spacial score (nSPS) is 19.1. The van der Waals surface area contributed by atoms with Gasteiger partial charge in [-0.1, -0.05) is 79.9 Å². The first kappa shape index (κ1) is 28.1. The third kappa shape index (κ3) is 16.2. The summed E-state index contributed by atoms with van der Waals surface area (Å²) in [6, 6.07) is 0. The number of hydrogen-bond acceptors (Lipinski definition) is 0. The number of allylic oxidation sites excluding steroid dienone is 2. The van der Waals surface area contributed by atoms with Gasteiger partial charge in [0.2, 0.25) is 0 Å². The van der Waals surface area contributed by atoms with Gasteiger partial charge in [0, 0.05) is 6.42 Å². The van der Waals surface area contributed by atoms with Gasteiger partial charge in [-0.05, 0) is 56.8 Å². The summed E-state index contributed by atoms with van der Waals surface area (Å²) in [7, 11) is 0. The van der Waals surface area contributed by atoms with Crippen LogP contribution in [0.4, 0.5) is 0 Å². The van der Waals surface area contributed by atoms with Gasteiger partial charge in [-0.25, -0.2) is 0 Å². The van der Waals surface area contributed by atoms with Crippen LogP contribution in [0.2, 0.25) is 0 Å². The molecule has 144 valence electrons. The lowest BCUT2D eigenvalue weighted by atomic mass is 9.73. The molecule has 0 heteroatoms. The summed E-state index contributed by atoms with van der Waals surface area (Å²) < 4.78 is 0. The molecule has 0 saturated heterocycles. The molecule has 0 aromatic rings. The summed E-state index contributed by atoms with van der Waals surface area (Å²) in [5.74, 6) is 3.70. The van der Waals surface area contributed by atoms with Crippen LogP contribution in [0.25, 0.3) is 0 Å². The monoisotopic (exact) mass is 336 g/mol. The maximum absolute atomic E-state index is 5.40. The molecule has 24 heavy (non-hydrogen) atoms. The Morgan fingerprint density at radius 1 is 1.08 bits per heavy atom. The van der Waals surface area contributed by atoms with Crippen LogP contribution < -0.4 is 0 Å². The Bertz CT molecular complexity index is 302. The van der Waals surface area contributed by atoms with Crippen molar-refractivity contribution >= 4 is 0 Å². The first-order valence-electron chi connectivity index (χ1n) is 10.6. The fourth-order valence-corrected chi connectivity index (χ4v) is 2.81. The summed E-state index contributed by atoms with van der Waals surface area (Å²) in [6.07, 6.45) is 19.2. The molecule has 0 bridgehead atoms. The van der Waals surface area contributed by atoms with Gasteiger partial charge in [0.05, 0.1) is 0 Å². The minimum Gasteiger partial charge on any atom is -0.120 e. The van der Waals surface area contributed by atoms with Gasteiger partial charge in [-0.2, -0.15) is 0 Å². The van der Waals surface area contributed by atoms with Crippen LogP contribution in [0, 0.1) is 23.7 Å². The lowest BCUT2D eigenvalue weighted by Gasteiger charge is -2.32. The summed E-state index contributed by atoms with van der Waals surface area (Å²) in [5.41, 5.74) is 2.13. The van der Waals surface area contributed by atoms with Crippen LogP contribution in [0.1, 0.15) is 120 Å². The van der Waals surface area contributed by atoms with Crippen LogP contribution in [0.5, 0.6) is 0 Å². The highest BCUT2D eigenvalue weighted by Gasteiger charge is 2.28. The molecular weight excluding hydrogens is 288 g/mol. The van der Waals surface area contributed by atoms with E-state index in [4.69, 9.17) is 6.42 Å². The molecule has 1 unspecified atom stereocenters. The van der Waals surface area contributed by atoms with E-state index in [1.54, 1.807) is 5.57 Å². The SMILES string of the molecule is C#CCCC1(CCC)CCC=C(C)CC1.CC.CC.CCC(C)C. The average Bonchev–Trinajstić information content (AvgIpc) is 2.80. The Kier molecular flexibility index (Phi) is 23.8. The summed E-state index contributed by atoms with van der Waals surface area (Å²) in [6.45, 7) is 19.2. The molecule has 0 saturated carbocycles. The van der Waals surface area contributed by atoms with Crippen molar-refractivity contribution in [3.05, 3.63) is 11.6 Å². The third-order valence-corrected chi connectivity index (χ3v) is 4.61. The van der Waals surface area contributed by atoms with Crippen LogP contribution in [0.3, 0.4) is 0 Å². The third-order valence-electron chi connectivity index (χ3n) is 4.61. The van der Waals surface area contributed by atoms with Crippen LogP contribution in [-0.4, -0.2) is 0 Å². The highest BCUT2D eigenvalue weighted by atomic mass is 14.3. The van der Waals surface area contributed by atoms with E-state index in [9.17, 15) is 0 Å². The van der Waals surface area contributed by atoms with E-state index in [-0.39, 0.29) is 0 Å². The molecule has 1 atom stereocenters. The molecule has 1 aliphatic carbocycles. The van der Waals surface area contributed by atoms with Crippen molar-refractivity contribution in [1.29, 1.82) is 0 Å². The highest BCUT2D eigenvalue weighted by Crippen LogP contribution is 2.42. The van der Waals surface area contributed by atoms with Crippen LogP contribution in [0.15, 0.2) is 11.6 Å². The average molecular weight is 337 g/mol. The predicted octanol–water partition coefficient (Wildman–Crippen LogP) is 8.81. The maximum atomic E-state index is 5.40. The molecule has 0 radical (unpaired) electrons. The molecule has 0 aromatic heterocycles. The quantitative estimate of drug-likeness (QED) is 0.347. The molecule has 0 nitrogen and oxygen atoms in total. The van der Waals surface area contributed by atoms with Gasteiger partial charge in [-0.3, -0.25) is 0 Å². The van der Waals surface area contributed by atoms with E-state index < -0.39 is 0 Å². The Hall–Kier alpha value is -0.700. The fraction of sp³-hybridized carbons (Fsp3) is 0.833. The van der Waals surface area contributed by atoms with Gasteiger partial charge < -0.3 is 0 Å². The molecule has 1 aliphatic rings. The number of rotatable bonds is 5. The van der Waals surface area contributed by atoms with Gasteiger partial charge in [0.15, 0.2) is 0 Å². The Morgan fingerprint density at radius 2 is 1.62 bits per heavy atom. The summed E-state index contributed by atoms with van der Waals surface area (Å²) in [5, 5.41) is 0. The van der Waals surface area contributed by atoms with E-state index >= 15 is 0 Å². The molecular formula is C24H48. The number of hydrogen-bond donors (Lipinski definition) is 0. The molecule has 0 amide bonds. The van der Waals surface area contributed by atoms with Crippen molar-refractivity contribution in [3.63, 3.8) is 0 Å².